The minimum Gasteiger partial charge on any atom is -0.466 e. The van der Waals surface area contributed by atoms with Crippen molar-refractivity contribution in [3.05, 3.63) is 12.2 Å². The van der Waals surface area contributed by atoms with Crippen molar-refractivity contribution in [3.8, 4) is 0 Å². The van der Waals surface area contributed by atoms with Crippen LogP contribution in [-0.2, 0) is 14.3 Å². The number of esters is 1. The molecule has 0 aromatic rings. The van der Waals surface area contributed by atoms with Crippen LogP contribution in [0.2, 0.25) is 0 Å². The highest BCUT2D eigenvalue weighted by Crippen LogP contribution is 2.18. The highest BCUT2D eigenvalue weighted by atomic mass is 16.5. The van der Waals surface area contributed by atoms with Crippen LogP contribution in [0.15, 0.2) is 12.2 Å². The summed E-state index contributed by atoms with van der Waals surface area (Å²) in [6, 6.07) is -0.551. The summed E-state index contributed by atoms with van der Waals surface area (Å²) in [5.74, 6) is -0.0379. The first kappa shape index (κ1) is 68.6. The summed E-state index contributed by atoms with van der Waals surface area (Å²) in [6.45, 7) is 4.97. The van der Waals surface area contributed by atoms with Gasteiger partial charge in [0, 0.05) is 12.8 Å². The molecule has 0 aromatic carbocycles. The Hall–Kier alpha value is -1.40. The van der Waals surface area contributed by atoms with Crippen LogP contribution in [0.3, 0.4) is 0 Å². The van der Waals surface area contributed by atoms with Gasteiger partial charge in [0.15, 0.2) is 0 Å². The maximum atomic E-state index is 12.5. The van der Waals surface area contributed by atoms with Gasteiger partial charge in [-0.1, -0.05) is 309 Å². The SMILES string of the molecule is CCCCCCCCCCCCCCCCCCCCC(O)C(CO)NC(=O)CCCCCCC/C=C\CCCCCCCCCCCOC(=O)CCCCCCCCCCCCCCCCCCC. The number of aliphatic hydroxyl groups excluding tert-OH is 2. The van der Waals surface area contributed by atoms with Gasteiger partial charge in [-0.2, -0.15) is 0 Å². The van der Waals surface area contributed by atoms with E-state index < -0.39 is 12.1 Å². The van der Waals surface area contributed by atoms with E-state index in [1.807, 2.05) is 0 Å². The second-order valence-electron chi connectivity index (χ2n) is 22.1. The Bertz CT molecular complexity index is 1050. The van der Waals surface area contributed by atoms with Gasteiger partial charge in [-0.05, 0) is 51.4 Å². The summed E-state index contributed by atoms with van der Waals surface area (Å²) in [4.78, 5) is 24.6. The van der Waals surface area contributed by atoms with Crippen LogP contribution in [0.5, 0.6) is 0 Å². The third-order valence-electron chi connectivity index (χ3n) is 15.1. The second-order valence-corrected chi connectivity index (χ2v) is 22.1. The lowest BCUT2D eigenvalue weighted by Crippen LogP contribution is -2.45. The molecule has 2 atom stereocenters. The Morgan fingerprint density at radius 1 is 0.386 bits per heavy atom. The van der Waals surface area contributed by atoms with Crippen molar-refractivity contribution >= 4 is 11.9 Å². The number of amides is 1. The summed E-state index contributed by atoms with van der Waals surface area (Å²) in [5, 5.41) is 23.3. The second kappa shape index (κ2) is 60.2. The van der Waals surface area contributed by atoms with Gasteiger partial charge in [-0.15, -0.1) is 0 Å². The zero-order chi connectivity index (χ0) is 50.7. The number of hydrogen-bond donors (Lipinski definition) is 3. The van der Waals surface area contributed by atoms with Crippen LogP contribution in [0.1, 0.15) is 361 Å². The lowest BCUT2D eigenvalue weighted by atomic mass is 10.0. The molecule has 0 aliphatic heterocycles. The summed E-state index contributed by atoms with van der Waals surface area (Å²) in [5.41, 5.74) is 0. The number of carbonyl (C=O) groups excluding carboxylic acids is 2. The molecular weight excluding hydrogens is 863 g/mol. The minimum atomic E-state index is -0.673. The van der Waals surface area contributed by atoms with Crippen molar-refractivity contribution < 1.29 is 24.5 Å². The molecule has 0 radical (unpaired) electrons. The van der Waals surface area contributed by atoms with Crippen LogP contribution >= 0.6 is 0 Å². The molecule has 0 bridgehead atoms. The number of unbranched alkanes of at least 4 members (excludes halogenated alkanes) is 47. The fourth-order valence-corrected chi connectivity index (χ4v) is 10.2. The molecular formula is C64H125NO5. The molecule has 0 aromatic heterocycles. The Kier molecular flexibility index (Phi) is 59.0. The van der Waals surface area contributed by atoms with Crippen LogP contribution in [0.4, 0.5) is 0 Å². The zero-order valence-corrected chi connectivity index (χ0v) is 47.5. The van der Waals surface area contributed by atoms with Gasteiger partial charge >= 0.3 is 5.97 Å². The highest BCUT2D eigenvalue weighted by molar-refractivity contribution is 5.76. The van der Waals surface area contributed by atoms with Gasteiger partial charge in [0.25, 0.3) is 0 Å². The zero-order valence-electron chi connectivity index (χ0n) is 47.5. The highest BCUT2D eigenvalue weighted by Gasteiger charge is 2.20. The first-order chi connectivity index (χ1) is 34.5. The quantitative estimate of drug-likeness (QED) is 0.0321. The van der Waals surface area contributed by atoms with Gasteiger partial charge in [0.05, 0.1) is 25.4 Å². The van der Waals surface area contributed by atoms with E-state index in [4.69, 9.17) is 4.74 Å². The lowest BCUT2D eigenvalue weighted by molar-refractivity contribution is -0.143. The average Bonchev–Trinajstić information content (AvgIpc) is 3.36. The van der Waals surface area contributed by atoms with E-state index in [9.17, 15) is 19.8 Å². The molecule has 0 spiro atoms. The fraction of sp³-hybridized carbons (Fsp3) is 0.938. The summed E-state index contributed by atoms with van der Waals surface area (Å²) in [7, 11) is 0. The third kappa shape index (κ3) is 55.9. The predicted molar refractivity (Wildman–Crippen MR) is 306 cm³/mol. The number of aliphatic hydroxyl groups is 2. The molecule has 0 fully saturated rings. The maximum Gasteiger partial charge on any atom is 0.305 e. The van der Waals surface area contributed by atoms with Crippen molar-refractivity contribution in [2.75, 3.05) is 13.2 Å². The van der Waals surface area contributed by atoms with Gasteiger partial charge in [0.1, 0.15) is 0 Å². The Balaban J connectivity index is 3.42. The lowest BCUT2D eigenvalue weighted by Gasteiger charge is -2.22. The fourth-order valence-electron chi connectivity index (χ4n) is 10.2. The van der Waals surface area contributed by atoms with Crippen LogP contribution in [0.25, 0.3) is 0 Å². The molecule has 6 heteroatoms. The molecule has 70 heavy (non-hydrogen) atoms. The molecule has 416 valence electrons. The standard InChI is InChI=1S/C64H125NO5/c1-3-5-7-9-11-13-15-17-19-21-25-28-32-36-40-44-48-52-56-62(67)61(60-66)65-63(68)57-53-49-45-41-37-33-29-26-22-23-27-31-35-39-43-47-51-55-59-70-64(69)58-54-50-46-42-38-34-30-24-20-18-16-14-12-10-8-6-4-2/h26,29,61-62,66-67H,3-25,27-28,30-60H2,1-2H3,(H,65,68)/b29-26-. The summed E-state index contributed by atoms with van der Waals surface area (Å²) in [6.07, 6.45) is 72.2. The molecule has 2 unspecified atom stereocenters. The Labute approximate surface area is 438 Å². The van der Waals surface area contributed by atoms with E-state index in [-0.39, 0.29) is 18.5 Å². The topological polar surface area (TPSA) is 95.9 Å². The first-order valence-electron chi connectivity index (χ1n) is 31.9. The average molecular weight is 989 g/mol. The van der Waals surface area contributed by atoms with Crippen molar-refractivity contribution in [2.24, 2.45) is 0 Å². The van der Waals surface area contributed by atoms with Crippen LogP contribution in [0, 0.1) is 0 Å². The van der Waals surface area contributed by atoms with Crippen molar-refractivity contribution in [2.45, 2.75) is 373 Å². The van der Waals surface area contributed by atoms with E-state index in [0.717, 1.165) is 51.4 Å². The molecule has 0 aliphatic carbocycles. The van der Waals surface area contributed by atoms with Gasteiger partial charge in [-0.25, -0.2) is 0 Å². The van der Waals surface area contributed by atoms with Crippen molar-refractivity contribution in [1.29, 1.82) is 0 Å². The van der Waals surface area contributed by atoms with E-state index in [0.29, 0.717) is 25.9 Å². The molecule has 0 rings (SSSR count). The van der Waals surface area contributed by atoms with Crippen LogP contribution in [-0.4, -0.2) is 47.4 Å². The molecule has 0 aliphatic rings. The smallest absolute Gasteiger partial charge is 0.305 e. The molecule has 0 saturated carbocycles. The number of carbonyl (C=O) groups is 2. The number of rotatable bonds is 60. The van der Waals surface area contributed by atoms with E-state index >= 15 is 0 Å². The Morgan fingerprint density at radius 3 is 1.01 bits per heavy atom. The van der Waals surface area contributed by atoms with Gasteiger partial charge in [0.2, 0.25) is 5.91 Å². The first-order valence-corrected chi connectivity index (χ1v) is 31.9. The number of ether oxygens (including phenoxy) is 1. The van der Waals surface area contributed by atoms with E-state index in [1.165, 1.54) is 276 Å². The predicted octanol–water partition coefficient (Wildman–Crippen LogP) is 20.0. The summed E-state index contributed by atoms with van der Waals surface area (Å²) >= 11 is 0. The van der Waals surface area contributed by atoms with Gasteiger partial charge in [-0.3, -0.25) is 9.59 Å². The molecule has 0 saturated heterocycles. The molecule has 1 amide bonds. The molecule has 0 heterocycles. The largest absolute Gasteiger partial charge is 0.466 e. The maximum absolute atomic E-state index is 12.5. The molecule has 6 nitrogen and oxygen atoms in total. The number of allylic oxidation sites excluding steroid dienone is 2. The summed E-state index contributed by atoms with van der Waals surface area (Å²) < 4.78 is 5.49. The number of hydrogen-bond acceptors (Lipinski definition) is 5. The molecule has 3 N–H and O–H groups in total. The monoisotopic (exact) mass is 988 g/mol. The minimum absolute atomic E-state index is 0.00790. The normalized spacial score (nSPS) is 12.6. The van der Waals surface area contributed by atoms with Gasteiger partial charge < -0.3 is 20.3 Å². The number of nitrogens with one attached hydrogen (secondary N) is 1. The van der Waals surface area contributed by atoms with E-state index in [2.05, 4.69) is 31.3 Å². The third-order valence-corrected chi connectivity index (χ3v) is 15.1. The van der Waals surface area contributed by atoms with Crippen molar-refractivity contribution in [3.63, 3.8) is 0 Å². The Morgan fingerprint density at radius 2 is 0.671 bits per heavy atom. The van der Waals surface area contributed by atoms with E-state index in [1.54, 1.807) is 0 Å². The van der Waals surface area contributed by atoms with Crippen LogP contribution < -0.4 is 5.32 Å². The van der Waals surface area contributed by atoms with Crippen molar-refractivity contribution in [1.82, 2.24) is 5.32 Å².